The van der Waals surface area contributed by atoms with E-state index in [4.69, 9.17) is 9.47 Å². The zero-order valence-electron chi connectivity index (χ0n) is 17.2. The number of rotatable bonds is 10. The van der Waals surface area contributed by atoms with Gasteiger partial charge in [-0.25, -0.2) is 0 Å². The van der Waals surface area contributed by atoms with Crippen molar-refractivity contribution in [2.45, 2.75) is 38.6 Å². The molecule has 30 heavy (non-hydrogen) atoms. The molecule has 1 aliphatic carbocycles. The summed E-state index contributed by atoms with van der Waals surface area (Å²) >= 11 is 0. The average molecular weight is 410 g/mol. The number of benzene rings is 2. The van der Waals surface area contributed by atoms with E-state index in [2.05, 4.69) is 10.6 Å². The van der Waals surface area contributed by atoms with E-state index in [9.17, 15) is 14.4 Å². The van der Waals surface area contributed by atoms with Gasteiger partial charge in [0.2, 0.25) is 5.91 Å². The van der Waals surface area contributed by atoms with E-state index in [0.717, 1.165) is 12.8 Å². The lowest BCUT2D eigenvalue weighted by Gasteiger charge is -2.12. The number of ketones is 1. The molecule has 2 N–H and O–H groups in total. The van der Waals surface area contributed by atoms with E-state index < -0.39 is 0 Å². The van der Waals surface area contributed by atoms with E-state index in [1.165, 1.54) is 14.0 Å². The zero-order valence-corrected chi connectivity index (χ0v) is 17.2. The number of anilines is 1. The fourth-order valence-corrected chi connectivity index (χ4v) is 2.88. The minimum Gasteiger partial charge on any atom is -0.493 e. The molecule has 0 heterocycles. The summed E-state index contributed by atoms with van der Waals surface area (Å²) < 4.78 is 11.0. The smallest absolute Gasteiger partial charge is 0.251 e. The normalized spacial score (nSPS) is 12.7. The molecule has 1 saturated carbocycles. The predicted octanol–water partition coefficient (Wildman–Crippen LogP) is 3.59. The van der Waals surface area contributed by atoms with Crippen LogP contribution in [0.15, 0.2) is 42.5 Å². The summed E-state index contributed by atoms with van der Waals surface area (Å²) in [5.41, 5.74) is 1.67. The van der Waals surface area contributed by atoms with Crippen molar-refractivity contribution in [3.63, 3.8) is 0 Å². The fraction of sp³-hybridized carbons (Fsp3) is 0.348. The predicted molar refractivity (Wildman–Crippen MR) is 113 cm³/mol. The Hall–Kier alpha value is -3.35. The lowest BCUT2D eigenvalue weighted by Crippen LogP contribution is -2.25. The van der Waals surface area contributed by atoms with Crippen LogP contribution in [-0.4, -0.2) is 37.4 Å². The third-order valence-electron chi connectivity index (χ3n) is 4.70. The Bertz CT molecular complexity index is 937. The Morgan fingerprint density at radius 1 is 1.03 bits per heavy atom. The Morgan fingerprint density at radius 2 is 1.83 bits per heavy atom. The van der Waals surface area contributed by atoms with Crippen LogP contribution in [0.2, 0.25) is 0 Å². The number of ether oxygens (including phenoxy) is 2. The van der Waals surface area contributed by atoms with Gasteiger partial charge in [0.15, 0.2) is 17.3 Å². The van der Waals surface area contributed by atoms with Crippen LogP contribution in [0.4, 0.5) is 5.69 Å². The van der Waals surface area contributed by atoms with Crippen molar-refractivity contribution < 1.29 is 23.9 Å². The molecule has 7 heteroatoms. The molecule has 0 atom stereocenters. The van der Waals surface area contributed by atoms with Crippen LogP contribution in [-0.2, 0) is 4.79 Å². The highest BCUT2D eigenvalue weighted by Gasteiger charge is 2.23. The quantitative estimate of drug-likeness (QED) is 0.461. The summed E-state index contributed by atoms with van der Waals surface area (Å²) in [4.78, 5) is 35.8. The summed E-state index contributed by atoms with van der Waals surface area (Å²) in [6.45, 7) is 1.82. The van der Waals surface area contributed by atoms with Crippen LogP contribution in [0.3, 0.4) is 0 Å². The molecule has 158 valence electrons. The SMILES string of the molecule is COc1cc(C(C)=O)ccc1OCCCC(=O)Nc1cccc(C(=O)NC2CC2)c1. The first-order valence-corrected chi connectivity index (χ1v) is 9.99. The van der Waals surface area contributed by atoms with Gasteiger partial charge in [0.25, 0.3) is 5.91 Å². The van der Waals surface area contributed by atoms with E-state index in [1.807, 2.05) is 0 Å². The molecule has 0 radical (unpaired) electrons. The van der Waals surface area contributed by atoms with Crippen LogP contribution in [0.25, 0.3) is 0 Å². The van der Waals surface area contributed by atoms with Crippen molar-refractivity contribution in [1.82, 2.24) is 5.32 Å². The summed E-state index contributed by atoms with van der Waals surface area (Å²) in [6.07, 6.45) is 2.83. The Labute approximate surface area is 175 Å². The van der Waals surface area contributed by atoms with Gasteiger partial charge in [0.05, 0.1) is 13.7 Å². The second kappa shape index (κ2) is 9.91. The minimum atomic E-state index is -0.155. The number of nitrogens with one attached hydrogen (secondary N) is 2. The van der Waals surface area contributed by atoms with E-state index in [-0.39, 0.29) is 30.1 Å². The van der Waals surface area contributed by atoms with Gasteiger partial charge in [-0.1, -0.05) is 6.07 Å². The van der Waals surface area contributed by atoms with Crippen LogP contribution >= 0.6 is 0 Å². The highest BCUT2D eigenvalue weighted by molar-refractivity contribution is 5.97. The second-order valence-electron chi connectivity index (χ2n) is 7.25. The van der Waals surface area contributed by atoms with Gasteiger partial charge >= 0.3 is 0 Å². The maximum atomic E-state index is 12.2. The Morgan fingerprint density at radius 3 is 2.53 bits per heavy atom. The summed E-state index contributed by atoms with van der Waals surface area (Å²) in [6, 6.07) is 12.2. The minimum absolute atomic E-state index is 0.0504. The van der Waals surface area contributed by atoms with Crippen LogP contribution < -0.4 is 20.1 Å². The summed E-state index contributed by atoms with van der Waals surface area (Å²) in [5, 5.41) is 5.74. The molecule has 2 aromatic rings. The van der Waals surface area contributed by atoms with Crippen LogP contribution in [0, 0.1) is 0 Å². The van der Waals surface area contributed by atoms with Gasteiger partial charge < -0.3 is 20.1 Å². The molecular formula is C23H26N2O5. The molecule has 3 rings (SSSR count). The second-order valence-corrected chi connectivity index (χ2v) is 7.25. The number of hydrogen-bond donors (Lipinski definition) is 2. The molecule has 0 spiro atoms. The van der Waals surface area contributed by atoms with Crippen molar-refractivity contribution in [2.75, 3.05) is 19.0 Å². The fourth-order valence-electron chi connectivity index (χ4n) is 2.88. The molecule has 1 aliphatic rings. The molecule has 0 saturated heterocycles. The third-order valence-corrected chi connectivity index (χ3v) is 4.70. The van der Waals surface area contributed by atoms with Crippen LogP contribution in [0.5, 0.6) is 11.5 Å². The molecule has 0 bridgehead atoms. The van der Waals surface area contributed by atoms with Gasteiger partial charge in [-0.15, -0.1) is 0 Å². The molecule has 0 aromatic heterocycles. The maximum Gasteiger partial charge on any atom is 0.251 e. The highest BCUT2D eigenvalue weighted by Crippen LogP contribution is 2.28. The van der Waals surface area contributed by atoms with Gasteiger partial charge in [0.1, 0.15) is 0 Å². The van der Waals surface area contributed by atoms with Gasteiger partial charge in [-0.3, -0.25) is 14.4 Å². The molecule has 2 amide bonds. The first kappa shape index (κ1) is 21.4. The number of carbonyl (C=O) groups excluding carboxylic acids is 3. The molecule has 0 unspecified atom stereocenters. The lowest BCUT2D eigenvalue weighted by atomic mass is 10.1. The lowest BCUT2D eigenvalue weighted by molar-refractivity contribution is -0.116. The molecule has 7 nitrogen and oxygen atoms in total. The third kappa shape index (κ3) is 6.07. The largest absolute Gasteiger partial charge is 0.493 e. The molecule has 0 aliphatic heterocycles. The summed E-state index contributed by atoms with van der Waals surface area (Å²) in [7, 11) is 1.51. The van der Waals surface area contributed by atoms with Crippen molar-refractivity contribution in [2.24, 2.45) is 0 Å². The molecule has 2 aromatic carbocycles. The van der Waals surface area contributed by atoms with Crippen molar-refractivity contribution >= 4 is 23.3 Å². The number of carbonyl (C=O) groups is 3. The van der Waals surface area contributed by atoms with Crippen molar-refractivity contribution in [1.29, 1.82) is 0 Å². The standard InChI is InChI=1S/C23H26N2O5/c1-15(26)16-8-11-20(21(14-16)29-2)30-12-4-7-22(27)24-19-6-3-5-17(13-19)23(28)25-18-9-10-18/h3,5-6,8,11,13-14,18H,4,7,9-10,12H2,1-2H3,(H,24,27)(H,25,28). The maximum absolute atomic E-state index is 12.2. The number of amides is 2. The first-order valence-electron chi connectivity index (χ1n) is 9.99. The summed E-state index contributed by atoms with van der Waals surface area (Å²) in [5.74, 6) is 0.681. The van der Waals surface area contributed by atoms with Gasteiger partial charge in [-0.2, -0.15) is 0 Å². The number of hydrogen-bond acceptors (Lipinski definition) is 5. The van der Waals surface area contributed by atoms with Gasteiger partial charge in [0, 0.05) is 29.3 Å². The Balaban J connectivity index is 1.45. The van der Waals surface area contributed by atoms with Crippen LogP contribution in [0.1, 0.15) is 53.3 Å². The zero-order chi connectivity index (χ0) is 21.5. The highest BCUT2D eigenvalue weighted by atomic mass is 16.5. The molecular weight excluding hydrogens is 384 g/mol. The Kier molecular flexibility index (Phi) is 7.06. The van der Waals surface area contributed by atoms with E-state index in [1.54, 1.807) is 42.5 Å². The average Bonchev–Trinajstić information content (AvgIpc) is 3.55. The first-order chi connectivity index (χ1) is 14.5. The molecule has 1 fully saturated rings. The number of Topliss-reactive ketones (excluding diaryl/α,β-unsaturated/α-hetero) is 1. The topological polar surface area (TPSA) is 93.7 Å². The van der Waals surface area contributed by atoms with E-state index >= 15 is 0 Å². The van der Waals surface area contributed by atoms with Crippen molar-refractivity contribution in [3.8, 4) is 11.5 Å². The monoisotopic (exact) mass is 410 g/mol. The van der Waals surface area contributed by atoms with Crippen molar-refractivity contribution in [3.05, 3.63) is 53.6 Å². The van der Waals surface area contributed by atoms with Gasteiger partial charge in [-0.05, 0) is 62.6 Å². The number of methoxy groups -OCH3 is 1. The van der Waals surface area contributed by atoms with E-state index in [0.29, 0.717) is 41.3 Å².